The molecule has 7 heteroatoms. The highest BCUT2D eigenvalue weighted by molar-refractivity contribution is 5.94. The van der Waals surface area contributed by atoms with Gasteiger partial charge in [-0.2, -0.15) is 0 Å². The van der Waals surface area contributed by atoms with Gasteiger partial charge in [-0.3, -0.25) is 0 Å². The van der Waals surface area contributed by atoms with Crippen LogP contribution in [0.3, 0.4) is 0 Å². The summed E-state index contributed by atoms with van der Waals surface area (Å²) in [4.78, 5) is 19.4. The molecule has 1 saturated heterocycles. The van der Waals surface area contributed by atoms with Crippen molar-refractivity contribution in [1.82, 2.24) is 4.98 Å². The maximum absolute atomic E-state index is 13.1. The molecule has 0 radical (unpaired) electrons. The maximum Gasteiger partial charge on any atom is 0.342 e. The molecule has 2 unspecified atom stereocenters. The molecule has 1 aliphatic rings. The Bertz CT molecular complexity index is 1170. The van der Waals surface area contributed by atoms with Gasteiger partial charge in [0.1, 0.15) is 41.3 Å². The second-order valence-corrected chi connectivity index (χ2v) is 9.87. The Morgan fingerprint density at radius 3 is 2.42 bits per heavy atom. The van der Waals surface area contributed by atoms with E-state index in [9.17, 15) is 9.18 Å². The third kappa shape index (κ3) is 6.02. The zero-order valence-electron chi connectivity index (χ0n) is 21.5. The average molecular weight is 493 g/mol. The van der Waals surface area contributed by atoms with Crippen LogP contribution in [0.25, 0.3) is 0 Å². The van der Waals surface area contributed by atoms with Gasteiger partial charge >= 0.3 is 5.97 Å². The van der Waals surface area contributed by atoms with Gasteiger partial charge in [-0.05, 0) is 81.4 Å². The molecular formula is C29H35FN3O3+. The fraction of sp³-hybridized carbons (Fsp3) is 0.379. The number of carbonyl (C=O) groups is 1. The van der Waals surface area contributed by atoms with E-state index in [2.05, 4.69) is 36.0 Å². The number of rotatable bonds is 9. The van der Waals surface area contributed by atoms with Gasteiger partial charge in [0.2, 0.25) is 0 Å². The van der Waals surface area contributed by atoms with Crippen LogP contribution >= 0.6 is 0 Å². The molecule has 190 valence electrons. The SMILES string of the molecule is CC[N+](C)(Cc1ccc(Oc2ccc(F)cc2)cc1)C1CCN(c2ncccc2C(=O)OC(C)C)C1. The molecule has 4 rings (SSSR count). The van der Waals surface area contributed by atoms with Gasteiger partial charge in [0.25, 0.3) is 0 Å². The number of ether oxygens (including phenoxy) is 2. The summed E-state index contributed by atoms with van der Waals surface area (Å²) >= 11 is 0. The molecule has 0 aliphatic carbocycles. The largest absolute Gasteiger partial charge is 0.459 e. The Morgan fingerprint density at radius 2 is 1.78 bits per heavy atom. The quantitative estimate of drug-likeness (QED) is 0.278. The van der Waals surface area contributed by atoms with E-state index >= 15 is 0 Å². The standard InChI is InChI=1S/C29H35FN3O3/c1-5-33(4,20-22-8-12-25(13-9-22)36-26-14-10-23(30)11-15-26)24-16-18-32(19-24)28-27(7-6-17-31-28)29(34)35-21(2)3/h6-15,17,21,24H,5,16,18-20H2,1-4H3/q+1. The van der Waals surface area contributed by atoms with Gasteiger partial charge in [0.05, 0.1) is 26.2 Å². The van der Waals surface area contributed by atoms with Crippen molar-refractivity contribution in [3.8, 4) is 11.5 Å². The van der Waals surface area contributed by atoms with Crippen LogP contribution in [0, 0.1) is 5.82 Å². The van der Waals surface area contributed by atoms with Gasteiger partial charge in [0, 0.05) is 24.7 Å². The van der Waals surface area contributed by atoms with Gasteiger partial charge in [-0.25, -0.2) is 14.2 Å². The number of halogens is 1. The molecule has 0 N–H and O–H groups in total. The molecule has 2 heterocycles. The minimum Gasteiger partial charge on any atom is -0.459 e. The number of pyridine rings is 1. The topological polar surface area (TPSA) is 51.7 Å². The van der Waals surface area contributed by atoms with Crippen molar-refractivity contribution in [1.29, 1.82) is 0 Å². The number of anilines is 1. The number of quaternary nitrogens is 1. The van der Waals surface area contributed by atoms with E-state index in [1.54, 1.807) is 30.5 Å². The van der Waals surface area contributed by atoms with Gasteiger partial charge in [-0.15, -0.1) is 0 Å². The van der Waals surface area contributed by atoms with Gasteiger partial charge in [-0.1, -0.05) is 0 Å². The zero-order valence-corrected chi connectivity index (χ0v) is 21.5. The molecule has 36 heavy (non-hydrogen) atoms. The Kier molecular flexibility index (Phi) is 7.89. The van der Waals surface area contributed by atoms with Crippen LogP contribution in [0.15, 0.2) is 66.9 Å². The third-order valence-corrected chi connectivity index (χ3v) is 6.93. The molecule has 0 amide bonds. The number of benzene rings is 2. The molecule has 6 nitrogen and oxygen atoms in total. The molecule has 0 spiro atoms. The van der Waals surface area contributed by atoms with Crippen molar-refractivity contribution in [3.05, 3.63) is 83.8 Å². The Labute approximate surface area is 212 Å². The summed E-state index contributed by atoms with van der Waals surface area (Å²) in [5.74, 6) is 1.42. The summed E-state index contributed by atoms with van der Waals surface area (Å²) < 4.78 is 25.3. The third-order valence-electron chi connectivity index (χ3n) is 6.93. The predicted octanol–water partition coefficient (Wildman–Crippen LogP) is 5.82. The normalized spacial score (nSPS) is 17.2. The number of carbonyl (C=O) groups excluding carboxylic acids is 1. The lowest BCUT2D eigenvalue weighted by atomic mass is 10.1. The molecule has 0 bridgehead atoms. The molecule has 1 fully saturated rings. The van der Waals surface area contributed by atoms with Crippen molar-refractivity contribution < 1.29 is 23.1 Å². The first kappa shape index (κ1) is 25.6. The highest BCUT2D eigenvalue weighted by Gasteiger charge is 2.38. The summed E-state index contributed by atoms with van der Waals surface area (Å²) in [7, 11) is 2.30. The minimum absolute atomic E-state index is 0.176. The molecule has 1 aromatic heterocycles. The molecule has 0 saturated carbocycles. The van der Waals surface area contributed by atoms with Crippen LogP contribution in [-0.2, 0) is 11.3 Å². The summed E-state index contributed by atoms with van der Waals surface area (Å²) in [5.41, 5.74) is 1.75. The highest BCUT2D eigenvalue weighted by Crippen LogP contribution is 2.30. The van der Waals surface area contributed by atoms with Crippen LogP contribution in [0.4, 0.5) is 10.2 Å². The lowest BCUT2D eigenvalue weighted by molar-refractivity contribution is -0.942. The number of nitrogens with zero attached hydrogens (tertiary/aromatic N) is 3. The number of hydrogen-bond acceptors (Lipinski definition) is 5. The molecule has 2 aromatic carbocycles. The summed E-state index contributed by atoms with van der Waals surface area (Å²) in [6.45, 7) is 9.47. The van der Waals surface area contributed by atoms with Crippen molar-refractivity contribution in [3.63, 3.8) is 0 Å². The first-order valence-electron chi connectivity index (χ1n) is 12.5. The fourth-order valence-corrected chi connectivity index (χ4v) is 4.75. The fourth-order valence-electron chi connectivity index (χ4n) is 4.75. The Balaban J connectivity index is 1.43. The number of likely N-dealkylation sites (N-methyl/N-ethyl adjacent to an activating group) is 1. The van der Waals surface area contributed by atoms with E-state index in [-0.39, 0.29) is 17.9 Å². The van der Waals surface area contributed by atoms with Crippen molar-refractivity contribution in [2.24, 2.45) is 0 Å². The van der Waals surface area contributed by atoms with Crippen LogP contribution < -0.4 is 9.64 Å². The molecule has 1 aliphatic heterocycles. The lowest BCUT2D eigenvalue weighted by Crippen LogP contribution is -2.52. The average Bonchev–Trinajstić information content (AvgIpc) is 3.37. The molecular weight excluding hydrogens is 457 g/mol. The zero-order chi connectivity index (χ0) is 25.7. The number of aromatic nitrogens is 1. The summed E-state index contributed by atoms with van der Waals surface area (Å²) in [6, 6.07) is 18.1. The van der Waals surface area contributed by atoms with E-state index in [4.69, 9.17) is 9.47 Å². The summed E-state index contributed by atoms with van der Waals surface area (Å²) in [6.07, 6.45) is 2.58. The van der Waals surface area contributed by atoms with Crippen molar-refractivity contribution in [2.75, 3.05) is 31.6 Å². The van der Waals surface area contributed by atoms with Crippen LogP contribution in [0.2, 0.25) is 0 Å². The van der Waals surface area contributed by atoms with Crippen LogP contribution in [0.5, 0.6) is 11.5 Å². The first-order valence-corrected chi connectivity index (χ1v) is 12.5. The van der Waals surface area contributed by atoms with E-state index in [1.165, 1.54) is 17.7 Å². The minimum atomic E-state index is -0.327. The van der Waals surface area contributed by atoms with Crippen molar-refractivity contribution >= 4 is 11.8 Å². The maximum atomic E-state index is 13.1. The highest BCUT2D eigenvalue weighted by atomic mass is 19.1. The molecule has 3 aromatic rings. The monoisotopic (exact) mass is 492 g/mol. The summed E-state index contributed by atoms with van der Waals surface area (Å²) in [5, 5.41) is 0. The molecule has 2 atom stereocenters. The van der Waals surface area contributed by atoms with E-state index in [0.29, 0.717) is 23.2 Å². The smallest absolute Gasteiger partial charge is 0.342 e. The Morgan fingerprint density at radius 1 is 1.11 bits per heavy atom. The number of esters is 1. The predicted molar refractivity (Wildman–Crippen MR) is 139 cm³/mol. The van der Waals surface area contributed by atoms with Crippen molar-refractivity contribution in [2.45, 2.75) is 45.9 Å². The van der Waals surface area contributed by atoms with E-state index in [0.717, 1.165) is 42.8 Å². The van der Waals surface area contributed by atoms with E-state index < -0.39 is 0 Å². The van der Waals surface area contributed by atoms with Gasteiger partial charge in [0.15, 0.2) is 0 Å². The number of hydrogen-bond donors (Lipinski definition) is 0. The lowest BCUT2D eigenvalue weighted by Gasteiger charge is -2.39. The first-order chi connectivity index (χ1) is 17.3. The van der Waals surface area contributed by atoms with E-state index in [1.807, 2.05) is 26.0 Å². The van der Waals surface area contributed by atoms with Crippen LogP contribution in [-0.4, -0.2) is 54.3 Å². The van der Waals surface area contributed by atoms with Crippen LogP contribution in [0.1, 0.15) is 43.1 Å². The second-order valence-electron chi connectivity index (χ2n) is 9.87. The second kappa shape index (κ2) is 11.1. The van der Waals surface area contributed by atoms with Gasteiger partial charge < -0.3 is 18.9 Å². The Hall–Kier alpha value is -3.45.